The van der Waals surface area contributed by atoms with Crippen LogP contribution in [0.3, 0.4) is 0 Å². The maximum absolute atomic E-state index is 13.9. The van der Waals surface area contributed by atoms with Gasteiger partial charge in [-0.2, -0.15) is 0 Å². The number of rotatable bonds is 4. The molecular formula is C15H15FO3S2. The monoisotopic (exact) mass is 326 g/mol. The minimum absolute atomic E-state index is 0.219. The first kappa shape index (κ1) is 16.0. The molecule has 0 spiro atoms. The van der Waals surface area contributed by atoms with Crippen molar-refractivity contribution in [3.63, 3.8) is 0 Å². The summed E-state index contributed by atoms with van der Waals surface area (Å²) < 4.78 is 36.7. The Kier molecular flexibility index (Phi) is 4.70. The highest BCUT2D eigenvalue weighted by atomic mass is 32.2. The second kappa shape index (κ2) is 6.17. The van der Waals surface area contributed by atoms with E-state index in [9.17, 15) is 17.9 Å². The third kappa shape index (κ3) is 3.84. The van der Waals surface area contributed by atoms with E-state index in [2.05, 4.69) is 0 Å². The summed E-state index contributed by atoms with van der Waals surface area (Å²) in [5.74, 6) is -0.411. The molecule has 0 aromatic heterocycles. The highest BCUT2D eigenvalue weighted by Gasteiger charge is 2.14. The largest absolute Gasteiger partial charge is 0.389 e. The van der Waals surface area contributed by atoms with Crippen molar-refractivity contribution in [2.75, 3.05) is 6.26 Å². The van der Waals surface area contributed by atoms with Crippen molar-refractivity contribution in [3.05, 3.63) is 53.8 Å². The maximum Gasteiger partial charge on any atom is 0.175 e. The summed E-state index contributed by atoms with van der Waals surface area (Å²) in [6.45, 7) is 1.57. The van der Waals surface area contributed by atoms with Gasteiger partial charge in [-0.1, -0.05) is 23.9 Å². The van der Waals surface area contributed by atoms with Gasteiger partial charge in [0.2, 0.25) is 0 Å². The predicted octanol–water partition coefficient (Wildman–Crippen LogP) is 3.43. The van der Waals surface area contributed by atoms with E-state index < -0.39 is 21.8 Å². The molecule has 1 N–H and O–H groups in total. The van der Waals surface area contributed by atoms with Crippen molar-refractivity contribution in [1.82, 2.24) is 0 Å². The van der Waals surface area contributed by atoms with Gasteiger partial charge in [-0.05, 0) is 42.8 Å². The van der Waals surface area contributed by atoms with Crippen LogP contribution in [-0.2, 0) is 9.84 Å². The molecule has 2 aromatic rings. The Hall–Kier alpha value is -1.37. The molecule has 112 valence electrons. The van der Waals surface area contributed by atoms with Crippen LogP contribution in [-0.4, -0.2) is 19.8 Å². The molecule has 0 fully saturated rings. The second-order valence-electron chi connectivity index (χ2n) is 4.68. The molecule has 0 saturated carbocycles. The summed E-state index contributed by atoms with van der Waals surface area (Å²) in [5.41, 5.74) is 0.507. The van der Waals surface area contributed by atoms with Gasteiger partial charge in [-0.15, -0.1) is 0 Å². The van der Waals surface area contributed by atoms with Crippen LogP contribution in [0.2, 0.25) is 0 Å². The molecule has 3 nitrogen and oxygen atoms in total. The minimum Gasteiger partial charge on any atom is -0.389 e. The smallest absolute Gasteiger partial charge is 0.175 e. The molecule has 6 heteroatoms. The zero-order valence-corrected chi connectivity index (χ0v) is 13.2. The Morgan fingerprint density at radius 3 is 2.29 bits per heavy atom. The van der Waals surface area contributed by atoms with Crippen molar-refractivity contribution >= 4 is 21.6 Å². The van der Waals surface area contributed by atoms with Crippen molar-refractivity contribution in [1.29, 1.82) is 0 Å². The highest BCUT2D eigenvalue weighted by molar-refractivity contribution is 7.99. The van der Waals surface area contributed by atoms with E-state index in [-0.39, 0.29) is 4.90 Å². The maximum atomic E-state index is 13.9. The van der Waals surface area contributed by atoms with Gasteiger partial charge in [0.05, 0.1) is 15.9 Å². The lowest BCUT2D eigenvalue weighted by atomic mass is 10.1. The van der Waals surface area contributed by atoms with Crippen molar-refractivity contribution < 1.29 is 17.9 Å². The second-order valence-corrected chi connectivity index (χ2v) is 7.78. The molecule has 0 heterocycles. The van der Waals surface area contributed by atoms with E-state index in [1.165, 1.54) is 18.2 Å². The Balaban J connectivity index is 2.35. The van der Waals surface area contributed by atoms with Gasteiger partial charge in [0.25, 0.3) is 0 Å². The summed E-state index contributed by atoms with van der Waals surface area (Å²) in [7, 11) is -3.25. The fraction of sp³-hybridized carbons (Fsp3) is 0.200. The molecule has 21 heavy (non-hydrogen) atoms. The third-order valence-electron chi connectivity index (χ3n) is 2.92. The van der Waals surface area contributed by atoms with Crippen LogP contribution < -0.4 is 0 Å². The summed E-state index contributed by atoms with van der Waals surface area (Å²) in [6, 6.07) is 10.8. The first-order valence-corrected chi connectivity index (χ1v) is 8.94. The number of hydrogen-bond acceptors (Lipinski definition) is 4. The average Bonchev–Trinajstić information content (AvgIpc) is 2.40. The van der Waals surface area contributed by atoms with Crippen LogP contribution >= 0.6 is 11.8 Å². The quantitative estimate of drug-likeness (QED) is 0.935. The molecule has 0 unspecified atom stereocenters. The molecule has 0 amide bonds. The lowest BCUT2D eigenvalue weighted by Crippen LogP contribution is -1.97. The Morgan fingerprint density at radius 2 is 1.76 bits per heavy atom. The lowest BCUT2D eigenvalue weighted by Gasteiger charge is -2.12. The van der Waals surface area contributed by atoms with E-state index in [0.29, 0.717) is 15.4 Å². The van der Waals surface area contributed by atoms with Gasteiger partial charge in [-0.3, -0.25) is 0 Å². The Morgan fingerprint density at radius 1 is 1.14 bits per heavy atom. The fourth-order valence-electron chi connectivity index (χ4n) is 1.83. The first-order valence-electron chi connectivity index (χ1n) is 6.23. The third-order valence-corrected chi connectivity index (χ3v) is 5.19. The zero-order valence-electron chi connectivity index (χ0n) is 11.6. The number of hydrogen-bond donors (Lipinski definition) is 1. The zero-order chi connectivity index (χ0) is 15.6. The standard InChI is InChI=1S/C15H15FO3S2/c1-10(17)13-4-3-5-14(16)15(13)20-11-6-8-12(9-7-11)21(2,18)19/h3-10,17H,1-2H3/t10-/m1/s1. The SMILES string of the molecule is C[C@@H](O)c1cccc(F)c1Sc1ccc(S(C)(=O)=O)cc1. The minimum atomic E-state index is -3.25. The Labute approximate surface area is 127 Å². The normalized spacial score (nSPS) is 13.1. The van der Waals surface area contributed by atoms with Crippen molar-refractivity contribution in [3.8, 4) is 0 Å². The van der Waals surface area contributed by atoms with E-state index >= 15 is 0 Å². The first-order chi connectivity index (χ1) is 9.79. The molecule has 0 aliphatic carbocycles. The number of aliphatic hydroxyl groups is 1. The summed E-state index contributed by atoms with van der Waals surface area (Å²) in [5, 5.41) is 9.70. The van der Waals surface area contributed by atoms with Crippen LogP contribution in [0.1, 0.15) is 18.6 Å². The summed E-state index contributed by atoms with van der Waals surface area (Å²) in [6.07, 6.45) is 0.357. The van der Waals surface area contributed by atoms with Gasteiger partial charge >= 0.3 is 0 Å². The van der Waals surface area contributed by atoms with Gasteiger partial charge in [-0.25, -0.2) is 12.8 Å². The average molecular weight is 326 g/mol. The van der Waals surface area contributed by atoms with Crippen LogP contribution in [0.15, 0.2) is 57.2 Å². The van der Waals surface area contributed by atoms with E-state index in [0.717, 1.165) is 18.0 Å². The molecular weight excluding hydrogens is 311 g/mol. The van der Waals surface area contributed by atoms with Crippen LogP contribution in [0.25, 0.3) is 0 Å². The van der Waals surface area contributed by atoms with Crippen LogP contribution in [0.5, 0.6) is 0 Å². The Bertz CT molecular complexity index is 738. The van der Waals surface area contributed by atoms with Gasteiger partial charge in [0.1, 0.15) is 5.82 Å². The van der Waals surface area contributed by atoms with Crippen molar-refractivity contribution in [2.45, 2.75) is 27.7 Å². The van der Waals surface area contributed by atoms with E-state index in [4.69, 9.17) is 0 Å². The predicted molar refractivity (Wildman–Crippen MR) is 80.7 cm³/mol. The number of benzene rings is 2. The molecule has 0 aliphatic heterocycles. The number of sulfone groups is 1. The molecule has 1 atom stereocenters. The van der Waals surface area contributed by atoms with Gasteiger partial charge in [0, 0.05) is 11.2 Å². The van der Waals surface area contributed by atoms with E-state index in [1.54, 1.807) is 31.2 Å². The van der Waals surface area contributed by atoms with Crippen LogP contribution in [0.4, 0.5) is 4.39 Å². The van der Waals surface area contributed by atoms with Crippen molar-refractivity contribution in [2.24, 2.45) is 0 Å². The van der Waals surface area contributed by atoms with E-state index in [1.807, 2.05) is 0 Å². The van der Waals surface area contributed by atoms with Gasteiger partial charge in [0.15, 0.2) is 9.84 Å². The van der Waals surface area contributed by atoms with Gasteiger partial charge < -0.3 is 5.11 Å². The summed E-state index contributed by atoms with van der Waals surface area (Å²) >= 11 is 1.16. The fourth-order valence-corrected chi connectivity index (χ4v) is 3.50. The molecule has 0 aliphatic rings. The molecule has 0 saturated heterocycles. The molecule has 0 radical (unpaired) electrons. The molecule has 0 bridgehead atoms. The topological polar surface area (TPSA) is 54.4 Å². The summed E-state index contributed by atoms with van der Waals surface area (Å²) in [4.78, 5) is 1.27. The van der Waals surface area contributed by atoms with Crippen LogP contribution in [0, 0.1) is 5.82 Å². The number of halogens is 1. The molecule has 2 rings (SSSR count). The highest BCUT2D eigenvalue weighted by Crippen LogP contribution is 2.35. The number of aliphatic hydroxyl groups excluding tert-OH is 1. The lowest BCUT2D eigenvalue weighted by molar-refractivity contribution is 0.195. The molecule has 2 aromatic carbocycles.